The van der Waals surface area contributed by atoms with Crippen molar-refractivity contribution in [2.75, 3.05) is 50.2 Å². The highest BCUT2D eigenvalue weighted by Crippen LogP contribution is 2.39. The van der Waals surface area contributed by atoms with Gasteiger partial charge in [-0.3, -0.25) is 19.3 Å². The number of carbonyl (C=O) groups excluding carboxylic acids is 3. The van der Waals surface area contributed by atoms with E-state index in [-0.39, 0.29) is 11.5 Å². The van der Waals surface area contributed by atoms with Crippen molar-refractivity contribution in [1.82, 2.24) is 4.90 Å². The van der Waals surface area contributed by atoms with E-state index in [1.165, 1.54) is 7.11 Å². The third-order valence-electron chi connectivity index (χ3n) is 6.58. The van der Waals surface area contributed by atoms with Gasteiger partial charge in [-0.15, -0.1) is 0 Å². The van der Waals surface area contributed by atoms with Gasteiger partial charge in [-0.25, -0.2) is 0 Å². The molecule has 0 bridgehead atoms. The van der Waals surface area contributed by atoms with Gasteiger partial charge in [0.05, 0.1) is 29.7 Å². The number of methoxy groups -OCH3 is 1. The lowest BCUT2D eigenvalue weighted by Crippen LogP contribution is -2.36. The molecule has 2 saturated heterocycles. The van der Waals surface area contributed by atoms with Crippen molar-refractivity contribution in [3.63, 3.8) is 0 Å². The lowest BCUT2D eigenvalue weighted by atomic mass is 10.1. The lowest BCUT2D eigenvalue weighted by Gasteiger charge is -2.28. The molecular weight excluding hydrogens is 646 g/mol. The molecule has 3 aromatic carbocycles. The molecule has 2 fully saturated rings. The largest absolute Gasteiger partial charge is 0.493 e. The summed E-state index contributed by atoms with van der Waals surface area (Å²) in [5.41, 5.74) is 3.04. The number of nitrogens with zero attached hydrogens (tertiary/aromatic N) is 2. The maximum Gasteiger partial charge on any atom is 0.294 e. The predicted octanol–water partition coefficient (Wildman–Crippen LogP) is 6.20. The molecule has 2 heterocycles. The number of morpholine rings is 1. The number of halogens is 2. The fourth-order valence-corrected chi connectivity index (χ4v) is 6.04. The normalized spacial score (nSPS) is 16.2. The minimum atomic E-state index is -0.544. The maximum atomic E-state index is 13.1. The molecule has 3 aromatic rings. The Bertz CT molecular complexity index is 1530. The quantitative estimate of drug-likeness (QED) is 0.269. The molecule has 0 radical (unpaired) electrons. The van der Waals surface area contributed by atoms with Crippen molar-refractivity contribution >= 4 is 73.8 Å². The number of anilines is 2. The maximum absolute atomic E-state index is 13.1. The number of carbonyl (C=O) groups is 3. The van der Waals surface area contributed by atoms with Crippen LogP contribution in [0.2, 0.25) is 5.02 Å². The number of ether oxygens (including phenoxy) is 3. The van der Waals surface area contributed by atoms with E-state index in [2.05, 4.69) is 26.1 Å². The van der Waals surface area contributed by atoms with Gasteiger partial charge >= 0.3 is 0 Å². The zero-order valence-electron chi connectivity index (χ0n) is 22.6. The molecule has 0 spiro atoms. The van der Waals surface area contributed by atoms with Gasteiger partial charge in [0.25, 0.3) is 11.1 Å². The standard InChI is InChI=1S/C30H27BrClN3O6S/c1-39-25-15-19(14-23(31)28(25)41-18-20-4-2-3-5-24(20)32)16-26-29(37)35(30(38)42-26)17-27(36)33-21-6-8-22(9-7-21)34-10-12-40-13-11-34/h2-9,14-16H,10-13,17-18H2,1H3,(H,33,36)/b26-16+. The van der Waals surface area contributed by atoms with Crippen LogP contribution in [0.1, 0.15) is 11.1 Å². The zero-order valence-corrected chi connectivity index (χ0v) is 25.8. The number of imide groups is 1. The van der Waals surface area contributed by atoms with E-state index < -0.39 is 23.6 Å². The van der Waals surface area contributed by atoms with Crippen LogP contribution < -0.4 is 19.7 Å². The van der Waals surface area contributed by atoms with E-state index in [1.54, 1.807) is 36.4 Å². The van der Waals surface area contributed by atoms with Gasteiger partial charge in [0.1, 0.15) is 13.2 Å². The average Bonchev–Trinajstić information content (AvgIpc) is 3.25. The molecule has 2 aliphatic rings. The van der Waals surface area contributed by atoms with E-state index >= 15 is 0 Å². The van der Waals surface area contributed by atoms with Crippen molar-refractivity contribution in [3.05, 3.63) is 86.2 Å². The molecule has 12 heteroatoms. The fraction of sp³-hybridized carbons (Fsp3) is 0.233. The number of nitrogens with one attached hydrogen (secondary N) is 1. The monoisotopic (exact) mass is 671 g/mol. The third-order valence-corrected chi connectivity index (χ3v) is 8.45. The van der Waals surface area contributed by atoms with Gasteiger partial charge in [-0.05, 0) is 81.8 Å². The summed E-state index contributed by atoms with van der Waals surface area (Å²) in [5.74, 6) is -0.114. The molecule has 3 amide bonds. The summed E-state index contributed by atoms with van der Waals surface area (Å²) in [7, 11) is 1.51. The van der Waals surface area contributed by atoms with Gasteiger partial charge in [0.15, 0.2) is 11.5 Å². The second-order valence-electron chi connectivity index (χ2n) is 9.38. The van der Waals surface area contributed by atoms with Crippen LogP contribution in [-0.2, 0) is 20.9 Å². The first-order chi connectivity index (χ1) is 20.3. The van der Waals surface area contributed by atoms with E-state index in [0.717, 1.165) is 41.0 Å². The Hall–Kier alpha value is -3.51. The van der Waals surface area contributed by atoms with Crippen LogP contribution in [-0.4, -0.2) is 61.9 Å². The van der Waals surface area contributed by atoms with Crippen LogP contribution in [0.4, 0.5) is 16.2 Å². The van der Waals surface area contributed by atoms with E-state index in [0.29, 0.717) is 45.5 Å². The molecule has 0 unspecified atom stereocenters. The number of thioether (sulfide) groups is 1. The molecular formula is C30H27BrClN3O6S. The summed E-state index contributed by atoms with van der Waals surface area (Å²) in [4.78, 5) is 41.8. The minimum Gasteiger partial charge on any atom is -0.493 e. The predicted molar refractivity (Wildman–Crippen MR) is 167 cm³/mol. The Kier molecular flexibility index (Phi) is 9.73. The van der Waals surface area contributed by atoms with Crippen molar-refractivity contribution in [3.8, 4) is 11.5 Å². The van der Waals surface area contributed by atoms with Gasteiger partial charge in [-0.2, -0.15) is 0 Å². The number of rotatable bonds is 9. The molecule has 0 saturated carbocycles. The van der Waals surface area contributed by atoms with Crippen LogP contribution in [0.3, 0.4) is 0 Å². The zero-order chi connectivity index (χ0) is 29.6. The highest BCUT2D eigenvalue weighted by atomic mass is 79.9. The van der Waals surface area contributed by atoms with Crippen LogP contribution in [0.15, 0.2) is 70.0 Å². The Balaban J connectivity index is 1.22. The Morgan fingerprint density at radius 1 is 1.12 bits per heavy atom. The SMILES string of the molecule is COc1cc(/C=C2/SC(=O)N(CC(=O)Nc3ccc(N4CCOCC4)cc3)C2=O)cc(Br)c1OCc1ccccc1Cl. The van der Waals surface area contributed by atoms with Gasteiger partial charge in [0.2, 0.25) is 5.91 Å². The highest BCUT2D eigenvalue weighted by molar-refractivity contribution is 9.10. The molecule has 2 aliphatic heterocycles. The van der Waals surface area contributed by atoms with Gasteiger partial charge in [0, 0.05) is 35.1 Å². The first-order valence-electron chi connectivity index (χ1n) is 13.0. The van der Waals surface area contributed by atoms with Crippen LogP contribution >= 0.6 is 39.3 Å². The number of benzene rings is 3. The molecule has 0 atom stereocenters. The van der Waals surface area contributed by atoms with E-state index in [9.17, 15) is 14.4 Å². The number of hydrogen-bond acceptors (Lipinski definition) is 8. The fourth-order valence-electron chi connectivity index (χ4n) is 4.44. The molecule has 5 rings (SSSR count). The smallest absolute Gasteiger partial charge is 0.294 e. The van der Waals surface area contributed by atoms with Crippen molar-refractivity contribution in [2.45, 2.75) is 6.61 Å². The Morgan fingerprint density at radius 3 is 2.57 bits per heavy atom. The van der Waals surface area contributed by atoms with Gasteiger partial charge in [-0.1, -0.05) is 29.8 Å². The first kappa shape index (κ1) is 30.0. The summed E-state index contributed by atoms with van der Waals surface area (Å²) in [6.45, 7) is 2.81. The van der Waals surface area contributed by atoms with Crippen molar-refractivity contribution in [1.29, 1.82) is 0 Å². The lowest BCUT2D eigenvalue weighted by molar-refractivity contribution is -0.127. The third kappa shape index (κ3) is 7.09. The van der Waals surface area contributed by atoms with Crippen LogP contribution in [0, 0.1) is 0 Å². The molecule has 0 aliphatic carbocycles. The topological polar surface area (TPSA) is 97.4 Å². The molecule has 9 nitrogen and oxygen atoms in total. The number of hydrogen-bond donors (Lipinski definition) is 1. The number of amides is 3. The average molecular weight is 673 g/mol. The van der Waals surface area contributed by atoms with Crippen LogP contribution in [0.5, 0.6) is 11.5 Å². The summed E-state index contributed by atoms with van der Waals surface area (Å²) in [5, 5.41) is 2.83. The first-order valence-corrected chi connectivity index (χ1v) is 15.0. The van der Waals surface area contributed by atoms with E-state index in [4.69, 9.17) is 25.8 Å². The molecule has 42 heavy (non-hydrogen) atoms. The summed E-state index contributed by atoms with van der Waals surface area (Å²) >= 11 is 10.5. The Morgan fingerprint density at radius 2 is 1.86 bits per heavy atom. The Labute approximate surface area is 260 Å². The molecule has 1 N–H and O–H groups in total. The molecule has 0 aromatic heterocycles. The summed E-state index contributed by atoms with van der Waals surface area (Å²) < 4.78 is 17.5. The van der Waals surface area contributed by atoms with Crippen molar-refractivity contribution < 1.29 is 28.6 Å². The summed E-state index contributed by atoms with van der Waals surface area (Å²) in [6, 6.07) is 18.3. The van der Waals surface area contributed by atoms with Gasteiger partial charge < -0.3 is 24.4 Å². The highest BCUT2D eigenvalue weighted by Gasteiger charge is 2.36. The second-order valence-corrected chi connectivity index (χ2v) is 11.6. The second kappa shape index (κ2) is 13.6. The minimum absolute atomic E-state index is 0.196. The van der Waals surface area contributed by atoms with Crippen LogP contribution in [0.25, 0.3) is 6.08 Å². The summed E-state index contributed by atoms with van der Waals surface area (Å²) in [6.07, 6.45) is 1.58. The molecule has 218 valence electrons. The van der Waals surface area contributed by atoms with Crippen molar-refractivity contribution in [2.24, 2.45) is 0 Å². The van der Waals surface area contributed by atoms with E-state index in [1.807, 2.05) is 30.3 Å².